The molecule has 0 aliphatic heterocycles. The minimum absolute atomic E-state index is 0.0152. The van der Waals surface area contributed by atoms with E-state index in [9.17, 15) is 14.4 Å². The molecule has 2 heterocycles. The number of nitrogens with two attached hydrogens (primary N) is 1. The molecular formula is C19H30N6O5. The molecule has 0 spiro atoms. The second-order valence-corrected chi connectivity index (χ2v) is 7.94. The molecule has 11 heteroatoms. The molecule has 0 aromatic carbocycles. The van der Waals surface area contributed by atoms with E-state index in [1.165, 1.54) is 16.6 Å². The Kier molecular flexibility index (Phi) is 7.54. The van der Waals surface area contributed by atoms with Gasteiger partial charge < -0.3 is 19.9 Å². The number of aromatic amines is 1. The van der Waals surface area contributed by atoms with Crippen LogP contribution in [0.1, 0.15) is 52.3 Å². The molecule has 0 aliphatic rings. The molecule has 0 bridgehead atoms. The van der Waals surface area contributed by atoms with Gasteiger partial charge in [0.1, 0.15) is 5.82 Å². The van der Waals surface area contributed by atoms with E-state index in [-0.39, 0.29) is 48.8 Å². The van der Waals surface area contributed by atoms with Crippen LogP contribution in [0.25, 0.3) is 0 Å². The van der Waals surface area contributed by atoms with Gasteiger partial charge in [0.15, 0.2) is 11.5 Å². The molecule has 2 aromatic heterocycles. The lowest BCUT2D eigenvalue weighted by Crippen LogP contribution is -2.42. The van der Waals surface area contributed by atoms with E-state index in [4.69, 9.17) is 15.0 Å². The third kappa shape index (κ3) is 5.35. The van der Waals surface area contributed by atoms with Crippen molar-refractivity contribution in [3.8, 4) is 0 Å². The molecule has 0 saturated heterocycles. The first-order chi connectivity index (χ1) is 14.1. The third-order valence-corrected chi connectivity index (χ3v) is 4.44. The standard InChI is InChI=1S/C19H30N6O5/c1-6-9-25-15(20)14(16(27)22-18(25)28)24(10-11-29-5)13(26)8-7-12-21-17(23-30-12)19(2,3)4/h6-11,20H2,1-5H3,(H,22,27,28). The highest BCUT2D eigenvalue weighted by atomic mass is 16.5. The Labute approximate surface area is 174 Å². The van der Waals surface area contributed by atoms with Crippen LogP contribution in [0.2, 0.25) is 0 Å². The van der Waals surface area contributed by atoms with Gasteiger partial charge in [-0.25, -0.2) is 4.79 Å². The smallest absolute Gasteiger partial charge is 0.330 e. The first-order valence-electron chi connectivity index (χ1n) is 9.85. The highest BCUT2D eigenvalue weighted by Crippen LogP contribution is 2.20. The molecule has 0 atom stereocenters. The number of hydrogen-bond acceptors (Lipinski definition) is 8. The zero-order valence-corrected chi connectivity index (χ0v) is 18.2. The fraction of sp³-hybridized carbons (Fsp3) is 0.632. The second kappa shape index (κ2) is 9.70. The van der Waals surface area contributed by atoms with Gasteiger partial charge in [-0.15, -0.1) is 0 Å². The van der Waals surface area contributed by atoms with Gasteiger partial charge in [0.05, 0.1) is 6.61 Å². The summed E-state index contributed by atoms with van der Waals surface area (Å²) in [6.45, 7) is 8.36. The van der Waals surface area contributed by atoms with E-state index in [1.807, 2.05) is 27.7 Å². The summed E-state index contributed by atoms with van der Waals surface area (Å²) >= 11 is 0. The van der Waals surface area contributed by atoms with Gasteiger partial charge in [-0.1, -0.05) is 32.9 Å². The average Bonchev–Trinajstić information content (AvgIpc) is 3.15. The summed E-state index contributed by atoms with van der Waals surface area (Å²) in [5, 5.41) is 3.94. The average molecular weight is 422 g/mol. The Morgan fingerprint density at radius 2 is 2.03 bits per heavy atom. The summed E-state index contributed by atoms with van der Waals surface area (Å²) in [5.41, 5.74) is 4.44. The number of nitrogens with zero attached hydrogens (tertiary/aromatic N) is 4. The fourth-order valence-electron chi connectivity index (χ4n) is 2.84. The summed E-state index contributed by atoms with van der Waals surface area (Å²) < 4.78 is 11.5. The Morgan fingerprint density at radius 1 is 1.33 bits per heavy atom. The van der Waals surface area contributed by atoms with Gasteiger partial charge in [0.2, 0.25) is 11.8 Å². The number of hydrogen-bond donors (Lipinski definition) is 2. The Morgan fingerprint density at radius 3 is 2.60 bits per heavy atom. The number of nitrogen functional groups attached to an aromatic ring is 1. The van der Waals surface area contributed by atoms with Crippen molar-refractivity contribution in [3.05, 3.63) is 32.6 Å². The van der Waals surface area contributed by atoms with Crippen LogP contribution in [0.3, 0.4) is 0 Å². The molecule has 2 rings (SSSR count). The van der Waals surface area contributed by atoms with E-state index >= 15 is 0 Å². The van der Waals surface area contributed by atoms with Crippen LogP contribution in [-0.2, 0) is 27.9 Å². The lowest BCUT2D eigenvalue weighted by atomic mass is 9.96. The molecule has 0 aliphatic carbocycles. The zero-order chi connectivity index (χ0) is 22.5. The van der Waals surface area contributed by atoms with Crippen molar-refractivity contribution in [2.75, 3.05) is 30.9 Å². The van der Waals surface area contributed by atoms with Crippen LogP contribution in [0.5, 0.6) is 0 Å². The normalized spacial score (nSPS) is 11.6. The number of aryl methyl sites for hydroxylation is 1. The van der Waals surface area contributed by atoms with Crippen LogP contribution >= 0.6 is 0 Å². The molecular weight excluding hydrogens is 392 g/mol. The summed E-state index contributed by atoms with van der Waals surface area (Å²) in [6.07, 6.45) is 0.855. The van der Waals surface area contributed by atoms with E-state index in [2.05, 4.69) is 15.1 Å². The highest BCUT2D eigenvalue weighted by molar-refractivity contribution is 5.95. The quantitative estimate of drug-likeness (QED) is 0.603. The summed E-state index contributed by atoms with van der Waals surface area (Å²) in [7, 11) is 1.49. The summed E-state index contributed by atoms with van der Waals surface area (Å²) in [6, 6.07) is 0. The van der Waals surface area contributed by atoms with Crippen molar-refractivity contribution < 1.29 is 14.1 Å². The van der Waals surface area contributed by atoms with Crippen LogP contribution in [0.15, 0.2) is 14.1 Å². The first kappa shape index (κ1) is 23.3. The lowest BCUT2D eigenvalue weighted by molar-refractivity contribution is -0.118. The number of methoxy groups -OCH3 is 1. The van der Waals surface area contributed by atoms with Crippen molar-refractivity contribution in [2.24, 2.45) is 0 Å². The number of aromatic nitrogens is 4. The number of anilines is 2. The van der Waals surface area contributed by atoms with Crippen molar-refractivity contribution in [1.29, 1.82) is 0 Å². The summed E-state index contributed by atoms with van der Waals surface area (Å²) in [5.74, 6) is 0.454. The minimum atomic E-state index is -0.720. The molecule has 30 heavy (non-hydrogen) atoms. The van der Waals surface area contributed by atoms with Crippen molar-refractivity contribution in [2.45, 2.75) is 58.9 Å². The molecule has 0 unspecified atom stereocenters. The summed E-state index contributed by atoms with van der Waals surface area (Å²) in [4.78, 5) is 45.3. The van der Waals surface area contributed by atoms with Gasteiger partial charge in [0, 0.05) is 38.5 Å². The Bertz CT molecular complexity index is 985. The maximum absolute atomic E-state index is 13.0. The number of ether oxygens (including phenoxy) is 1. The zero-order valence-electron chi connectivity index (χ0n) is 18.2. The van der Waals surface area contributed by atoms with E-state index in [0.29, 0.717) is 24.7 Å². The molecule has 11 nitrogen and oxygen atoms in total. The monoisotopic (exact) mass is 422 g/mol. The highest BCUT2D eigenvalue weighted by Gasteiger charge is 2.25. The maximum Gasteiger partial charge on any atom is 0.330 e. The van der Waals surface area contributed by atoms with Crippen LogP contribution in [-0.4, -0.2) is 45.9 Å². The fourth-order valence-corrected chi connectivity index (χ4v) is 2.84. The minimum Gasteiger partial charge on any atom is -0.383 e. The topological polar surface area (TPSA) is 149 Å². The van der Waals surface area contributed by atoms with E-state index in [1.54, 1.807) is 0 Å². The maximum atomic E-state index is 13.0. The van der Waals surface area contributed by atoms with E-state index < -0.39 is 11.2 Å². The molecule has 2 aromatic rings. The molecule has 0 fully saturated rings. The SMILES string of the molecule is CCCn1c(N)c(N(CCOC)C(=O)CCc2nc(C(C)(C)C)no2)c(=O)[nH]c1=O. The molecule has 166 valence electrons. The molecule has 0 radical (unpaired) electrons. The van der Waals surface area contributed by atoms with Gasteiger partial charge in [-0.2, -0.15) is 4.98 Å². The van der Waals surface area contributed by atoms with Crippen molar-refractivity contribution in [1.82, 2.24) is 19.7 Å². The first-order valence-corrected chi connectivity index (χ1v) is 9.85. The second-order valence-electron chi connectivity index (χ2n) is 7.94. The van der Waals surface area contributed by atoms with Crippen LogP contribution < -0.4 is 21.9 Å². The van der Waals surface area contributed by atoms with Crippen LogP contribution in [0, 0.1) is 0 Å². The molecule has 1 amide bonds. The number of nitrogens with one attached hydrogen (secondary N) is 1. The van der Waals surface area contributed by atoms with Gasteiger partial charge in [-0.3, -0.25) is 19.1 Å². The van der Waals surface area contributed by atoms with Gasteiger partial charge >= 0.3 is 5.69 Å². The van der Waals surface area contributed by atoms with Gasteiger partial charge in [0.25, 0.3) is 5.56 Å². The number of carbonyl (C=O) groups is 1. The van der Waals surface area contributed by atoms with Crippen molar-refractivity contribution in [3.63, 3.8) is 0 Å². The Balaban J connectivity index is 2.30. The Hall–Kier alpha value is -2.95. The number of H-pyrrole nitrogens is 1. The van der Waals surface area contributed by atoms with Gasteiger partial charge in [-0.05, 0) is 6.42 Å². The van der Waals surface area contributed by atoms with Crippen LogP contribution in [0.4, 0.5) is 11.5 Å². The number of amides is 1. The number of rotatable bonds is 9. The molecule has 0 saturated carbocycles. The molecule has 3 N–H and O–H groups in total. The predicted molar refractivity (Wildman–Crippen MR) is 112 cm³/mol. The third-order valence-electron chi connectivity index (χ3n) is 4.44. The van der Waals surface area contributed by atoms with E-state index in [0.717, 1.165) is 0 Å². The largest absolute Gasteiger partial charge is 0.383 e. The number of carbonyl (C=O) groups excluding carboxylic acids is 1. The lowest BCUT2D eigenvalue weighted by Gasteiger charge is -2.24. The van der Waals surface area contributed by atoms with Crippen molar-refractivity contribution >= 4 is 17.4 Å². The predicted octanol–water partition coefficient (Wildman–Crippen LogP) is 0.822.